The van der Waals surface area contributed by atoms with Crippen molar-refractivity contribution in [1.82, 2.24) is 9.88 Å². The number of H-pyrrole nitrogens is 1. The number of hydrogen-bond donors (Lipinski definition) is 2. The van der Waals surface area contributed by atoms with Gasteiger partial charge in [-0.2, -0.15) is 0 Å². The Balaban J connectivity index is 2.21. The van der Waals surface area contributed by atoms with Crippen molar-refractivity contribution < 1.29 is 19.6 Å². The molecule has 0 bridgehead atoms. The van der Waals surface area contributed by atoms with Crippen molar-refractivity contribution in [2.45, 2.75) is 25.3 Å². The zero-order valence-corrected chi connectivity index (χ0v) is 10.0. The van der Waals surface area contributed by atoms with Gasteiger partial charge in [-0.3, -0.25) is 14.9 Å². The van der Waals surface area contributed by atoms with Crippen LogP contribution in [0.25, 0.3) is 0 Å². The van der Waals surface area contributed by atoms with E-state index in [2.05, 4.69) is 4.98 Å². The lowest BCUT2D eigenvalue weighted by molar-refractivity contribution is -0.384. The number of nitrogens with zero attached hydrogens (tertiary/aromatic N) is 2. The molecule has 1 amide bonds. The molecule has 19 heavy (non-hydrogen) atoms. The number of piperidine rings is 1. The Hall–Kier alpha value is -2.38. The Kier molecular flexibility index (Phi) is 3.50. The molecule has 1 saturated heterocycles. The molecular weight excluding hydrogens is 254 g/mol. The molecule has 102 valence electrons. The maximum Gasteiger partial charge on any atom is 0.326 e. The first-order valence-corrected chi connectivity index (χ1v) is 5.87. The number of hydrogen-bond acceptors (Lipinski definition) is 4. The van der Waals surface area contributed by atoms with Crippen LogP contribution < -0.4 is 0 Å². The minimum absolute atomic E-state index is 0.0415. The van der Waals surface area contributed by atoms with Crippen molar-refractivity contribution in [3.63, 3.8) is 0 Å². The number of aliphatic carboxylic acids is 1. The molecule has 1 unspecified atom stereocenters. The first kappa shape index (κ1) is 13.1. The third-order valence-electron chi connectivity index (χ3n) is 3.16. The summed E-state index contributed by atoms with van der Waals surface area (Å²) < 4.78 is 0. The van der Waals surface area contributed by atoms with E-state index in [4.69, 9.17) is 5.11 Å². The van der Waals surface area contributed by atoms with Crippen LogP contribution in [0.4, 0.5) is 5.69 Å². The van der Waals surface area contributed by atoms with Crippen molar-refractivity contribution in [3.8, 4) is 0 Å². The number of rotatable bonds is 3. The van der Waals surface area contributed by atoms with Crippen LogP contribution in [-0.2, 0) is 4.79 Å². The molecule has 0 radical (unpaired) electrons. The summed E-state index contributed by atoms with van der Waals surface area (Å²) in [6.07, 6.45) is 3.01. The molecular formula is C11H13N3O5. The number of nitro groups is 1. The molecule has 1 aromatic rings. The summed E-state index contributed by atoms with van der Waals surface area (Å²) in [4.78, 5) is 37.0. The zero-order valence-electron chi connectivity index (χ0n) is 10.0. The van der Waals surface area contributed by atoms with Crippen LogP contribution in [0.2, 0.25) is 0 Å². The van der Waals surface area contributed by atoms with E-state index in [1.807, 2.05) is 0 Å². The van der Waals surface area contributed by atoms with Crippen molar-refractivity contribution in [1.29, 1.82) is 0 Å². The van der Waals surface area contributed by atoms with Gasteiger partial charge in [0.2, 0.25) is 0 Å². The van der Waals surface area contributed by atoms with Crippen molar-refractivity contribution in [2.24, 2.45) is 0 Å². The molecule has 2 rings (SSSR count). The van der Waals surface area contributed by atoms with E-state index in [1.165, 1.54) is 4.90 Å². The molecule has 0 saturated carbocycles. The predicted molar refractivity (Wildman–Crippen MR) is 63.8 cm³/mol. The summed E-state index contributed by atoms with van der Waals surface area (Å²) >= 11 is 0. The average molecular weight is 267 g/mol. The van der Waals surface area contributed by atoms with E-state index in [-0.39, 0.29) is 11.4 Å². The number of carboxylic acids is 1. The number of carboxylic acid groups (broad SMARTS) is 1. The first-order chi connectivity index (χ1) is 9.00. The van der Waals surface area contributed by atoms with Gasteiger partial charge in [-0.1, -0.05) is 0 Å². The topological polar surface area (TPSA) is 117 Å². The van der Waals surface area contributed by atoms with Gasteiger partial charge in [-0.05, 0) is 19.3 Å². The monoisotopic (exact) mass is 267 g/mol. The number of carbonyl (C=O) groups is 2. The predicted octanol–water partition coefficient (Wildman–Crippen LogP) is 1.00. The Morgan fingerprint density at radius 3 is 2.79 bits per heavy atom. The molecule has 1 aliphatic rings. The molecule has 0 spiro atoms. The van der Waals surface area contributed by atoms with E-state index in [9.17, 15) is 19.7 Å². The zero-order chi connectivity index (χ0) is 14.0. The van der Waals surface area contributed by atoms with Gasteiger partial charge in [0, 0.05) is 12.6 Å². The number of carbonyl (C=O) groups excluding carboxylic acids is 1. The molecule has 1 fully saturated rings. The van der Waals surface area contributed by atoms with Gasteiger partial charge in [-0.25, -0.2) is 4.79 Å². The van der Waals surface area contributed by atoms with Crippen LogP contribution in [0.3, 0.4) is 0 Å². The van der Waals surface area contributed by atoms with Gasteiger partial charge in [-0.15, -0.1) is 0 Å². The van der Waals surface area contributed by atoms with E-state index in [0.717, 1.165) is 25.1 Å². The molecule has 1 aliphatic heterocycles. The summed E-state index contributed by atoms with van der Waals surface area (Å²) in [6.45, 7) is 0.350. The third-order valence-corrected chi connectivity index (χ3v) is 3.16. The van der Waals surface area contributed by atoms with Gasteiger partial charge < -0.3 is 15.0 Å². The molecule has 8 heteroatoms. The summed E-state index contributed by atoms with van der Waals surface area (Å²) in [7, 11) is 0. The lowest BCUT2D eigenvalue weighted by Crippen LogP contribution is -2.48. The van der Waals surface area contributed by atoms with Crippen LogP contribution >= 0.6 is 0 Å². The fourth-order valence-corrected chi connectivity index (χ4v) is 2.20. The van der Waals surface area contributed by atoms with Crippen LogP contribution in [-0.4, -0.2) is 44.4 Å². The highest BCUT2D eigenvalue weighted by Crippen LogP contribution is 2.21. The van der Waals surface area contributed by atoms with Crippen molar-refractivity contribution >= 4 is 17.6 Å². The molecule has 1 atom stereocenters. The lowest BCUT2D eigenvalue weighted by atomic mass is 10.0. The van der Waals surface area contributed by atoms with Gasteiger partial charge in [0.1, 0.15) is 11.7 Å². The van der Waals surface area contributed by atoms with E-state index in [1.54, 1.807) is 0 Å². The fraction of sp³-hybridized carbons (Fsp3) is 0.455. The summed E-state index contributed by atoms with van der Waals surface area (Å²) in [5.74, 6) is -1.56. The summed E-state index contributed by atoms with van der Waals surface area (Å²) in [5.41, 5.74) is -0.174. The quantitative estimate of drug-likeness (QED) is 0.626. The molecule has 1 aromatic heterocycles. The smallest absolute Gasteiger partial charge is 0.326 e. The average Bonchev–Trinajstić information content (AvgIpc) is 2.87. The number of aromatic amines is 1. The van der Waals surface area contributed by atoms with Crippen LogP contribution in [0, 0.1) is 10.1 Å². The van der Waals surface area contributed by atoms with Crippen LogP contribution in [0.5, 0.6) is 0 Å². The Bertz CT molecular complexity index is 524. The molecule has 2 N–H and O–H groups in total. The maximum atomic E-state index is 12.2. The molecule has 0 aliphatic carbocycles. The highest BCUT2D eigenvalue weighted by molar-refractivity contribution is 5.95. The minimum atomic E-state index is -1.05. The fourth-order valence-electron chi connectivity index (χ4n) is 2.20. The summed E-state index contributed by atoms with van der Waals surface area (Å²) in [6, 6.07) is 0.263. The normalized spacial score (nSPS) is 19.2. The maximum absolute atomic E-state index is 12.2. The van der Waals surface area contributed by atoms with Crippen LogP contribution in [0.1, 0.15) is 29.8 Å². The number of amides is 1. The molecule has 0 aromatic carbocycles. The lowest BCUT2D eigenvalue weighted by Gasteiger charge is -2.32. The second kappa shape index (κ2) is 5.09. The Morgan fingerprint density at radius 1 is 1.47 bits per heavy atom. The molecule has 2 heterocycles. The largest absolute Gasteiger partial charge is 0.480 e. The van der Waals surface area contributed by atoms with E-state index < -0.39 is 22.8 Å². The van der Waals surface area contributed by atoms with Gasteiger partial charge in [0.15, 0.2) is 0 Å². The second-order valence-electron chi connectivity index (χ2n) is 4.38. The standard InChI is InChI=1S/C11H13N3O5/c15-10(8-5-7(6-12-8)14(18)19)13-4-2-1-3-9(13)11(16)17/h5-6,9,12H,1-4H2,(H,16,17). The SMILES string of the molecule is O=C(O)C1CCCCN1C(=O)c1cc([N+](=O)[O-])c[nH]1. The second-order valence-corrected chi connectivity index (χ2v) is 4.38. The van der Waals surface area contributed by atoms with E-state index in [0.29, 0.717) is 13.0 Å². The van der Waals surface area contributed by atoms with Gasteiger partial charge in [0.25, 0.3) is 11.6 Å². The Labute approximate surface area is 108 Å². The summed E-state index contributed by atoms with van der Waals surface area (Å²) in [5, 5.41) is 19.6. The van der Waals surface area contributed by atoms with Gasteiger partial charge in [0.05, 0.1) is 11.1 Å². The number of likely N-dealkylation sites (tertiary alicyclic amines) is 1. The number of aromatic nitrogens is 1. The first-order valence-electron chi connectivity index (χ1n) is 5.87. The minimum Gasteiger partial charge on any atom is -0.480 e. The van der Waals surface area contributed by atoms with Crippen molar-refractivity contribution in [3.05, 3.63) is 28.1 Å². The molecule has 8 nitrogen and oxygen atoms in total. The van der Waals surface area contributed by atoms with E-state index >= 15 is 0 Å². The highest BCUT2D eigenvalue weighted by Gasteiger charge is 2.33. The Morgan fingerprint density at radius 2 is 2.21 bits per heavy atom. The highest BCUT2D eigenvalue weighted by atomic mass is 16.6. The van der Waals surface area contributed by atoms with Gasteiger partial charge >= 0.3 is 5.97 Å². The third kappa shape index (κ3) is 2.56. The van der Waals surface area contributed by atoms with Crippen molar-refractivity contribution in [2.75, 3.05) is 6.54 Å². The van der Waals surface area contributed by atoms with Crippen LogP contribution in [0.15, 0.2) is 12.3 Å². The number of nitrogens with one attached hydrogen (secondary N) is 1.